The number of aromatic nitrogens is 2. The van der Waals surface area contributed by atoms with Gasteiger partial charge in [-0.25, -0.2) is 4.98 Å². The standard InChI is InChI=1S/C18H17N3O3/c1-11(22)12-7-16(19-9-12)18(23)20-10-13-8-17(24-2)21-15-6-4-3-5-14(13)15/h3-9,19H,10H2,1-2H3,(H,20,23). The van der Waals surface area contributed by atoms with Gasteiger partial charge in [0.05, 0.1) is 12.6 Å². The zero-order valence-corrected chi connectivity index (χ0v) is 13.4. The molecule has 122 valence electrons. The zero-order chi connectivity index (χ0) is 17.1. The van der Waals surface area contributed by atoms with E-state index in [0.29, 0.717) is 23.7 Å². The lowest BCUT2D eigenvalue weighted by Gasteiger charge is -2.09. The number of H-pyrrole nitrogens is 1. The second-order valence-electron chi connectivity index (χ2n) is 5.38. The van der Waals surface area contributed by atoms with Crippen molar-refractivity contribution in [2.45, 2.75) is 13.5 Å². The van der Waals surface area contributed by atoms with E-state index in [1.807, 2.05) is 24.3 Å². The first-order valence-corrected chi connectivity index (χ1v) is 7.48. The number of rotatable bonds is 5. The summed E-state index contributed by atoms with van der Waals surface area (Å²) in [5.74, 6) is 0.134. The number of carbonyl (C=O) groups is 2. The molecule has 24 heavy (non-hydrogen) atoms. The Morgan fingerprint density at radius 3 is 2.75 bits per heavy atom. The highest BCUT2D eigenvalue weighted by Crippen LogP contribution is 2.21. The summed E-state index contributed by atoms with van der Waals surface area (Å²) in [6.07, 6.45) is 1.53. The van der Waals surface area contributed by atoms with E-state index in [4.69, 9.17) is 4.74 Å². The molecule has 1 amide bonds. The van der Waals surface area contributed by atoms with Gasteiger partial charge in [-0.15, -0.1) is 0 Å². The number of amides is 1. The first-order valence-electron chi connectivity index (χ1n) is 7.48. The van der Waals surface area contributed by atoms with Crippen LogP contribution in [-0.4, -0.2) is 28.8 Å². The number of nitrogens with one attached hydrogen (secondary N) is 2. The molecule has 2 aromatic heterocycles. The Balaban J connectivity index is 1.82. The Morgan fingerprint density at radius 2 is 2.04 bits per heavy atom. The largest absolute Gasteiger partial charge is 0.481 e. The summed E-state index contributed by atoms with van der Waals surface area (Å²) < 4.78 is 5.22. The minimum absolute atomic E-state index is 0.0878. The molecule has 3 rings (SSSR count). The van der Waals surface area contributed by atoms with Crippen LogP contribution >= 0.6 is 0 Å². The van der Waals surface area contributed by atoms with Gasteiger partial charge in [0.2, 0.25) is 5.88 Å². The average Bonchev–Trinajstić information content (AvgIpc) is 3.09. The SMILES string of the molecule is COc1cc(CNC(=O)c2cc(C(C)=O)c[nH]2)c2ccccc2n1. The van der Waals surface area contributed by atoms with Crippen LogP contribution in [0.25, 0.3) is 10.9 Å². The van der Waals surface area contributed by atoms with Crippen molar-refractivity contribution in [3.05, 3.63) is 59.4 Å². The number of hydrogen-bond donors (Lipinski definition) is 2. The van der Waals surface area contributed by atoms with E-state index in [1.54, 1.807) is 19.2 Å². The van der Waals surface area contributed by atoms with E-state index in [0.717, 1.165) is 16.5 Å². The molecule has 0 radical (unpaired) electrons. The van der Waals surface area contributed by atoms with E-state index < -0.39 is 0 Å². The first kappa shape index (κ1) is 15.7. The van der Waals surface area contributed by atoms with E-state index in [9.17, 15) is 9.59 Å². The molecule has 0 saturated carbocycles. The number of aromatic amines is 1. The molecule has 0 bridgehead atoms. The number of Topliss-reactive ketones (excluding diaryl/α,β-unsaturated/α-hetero) is 1. The predicted octanol–water partition coefficient (Wildman–Crippen LogP) is 2.70. The molecule has 6 heteroatoms. The van der Waals surface area contributed by atoms with Crippen molar-refractivity contribution < 1.29 is 14.3 Å². The Labute approximate surface area is 138 Å². The highest BCUT2D eigenvalue weighted by molar-refractivity contribution is 5.99. The molecule has 0 aliphatic rings. The summed E-state index contributed by atoms with van der Waals surface area (Å²) >= 11 is 0. The fourth-order valence-corrected chi connectivity index (χ4v) is 2.47. The Bertz CT molecular complexity index is 915. The van der Waals surface area contributed by atoms with Gasteiger partial charge in [-0.3, -0.25) is 9.59 Å². The van der Waals surface area contributed by atoms with Gasteiger partial charge < -0.3 is 15.0 Å². The number of ketones is 1. The summed E-state index contributed by atoms with van der Waals surface area (Å²) in [6.45, 7) is 1.78. The van der Waals surface area contributed by atoms with Crippen LogP contribution in [0.3, 0.4) is 0 Å². The third-order valence-corrected chi connectivity index (χ3v) is 3.76. The summed E-state index contributed by atoms with van der Waals surface area (Å²) in [5.41, 5.74) is 2.55. The van der Waals surface area contributed by atoms with Crippen molar-refractivity contribution in [2.75, 3.05) is 7.11 Å². The predicted molar refractivity (Wildman–Crippen MR) is 90.3 cm³/mol. The molecule has 0 aliphatic heterocycles. The second kappa shape index (κ2) is 6.54. The number of para-hydroxylation sites is 1. The van der Waals surface area contributed by atoms with Crippen LogP contribution in [0, 0.1) is 0 Å². The van der Waals surface area contributed by atoms with Crippen LogP contribution in [0.15, 0.2) is 42.6 Å². The summed E-state index contributed by atoms with van der Waals surface area (Å²) in [4.78, 5) is 30.7. The molecule has 0 saturated heterocycles. The zero-order valence-electron chi connectivity index (χ0n) is 13.4. The van der Waals surface area contributed by atoms with Crippen LogP contribution in [0.4, 0.5) is 0 Å². The molecule has 1 aromatic carbocycles. The van der Waals surface area contributed by atoms with Crippen molar-refractivity contribution in [1.29, 1.82) is 0 Å². The molecule has 0 aliphatic carbocycles. The van der Waals surface area contributed by atoms with Crippen LogP contribution in [0.2, 0.25) is 0 Å². The average molecular weight is 323 g/mol. The molecule has 0 fully saturated rings. The summed E-state index contributed by atoms with van der Waals surface area (Å²) in [7, 11) is 1.56. The van der Waals surface area contributed by atoms with Gasteiger partial charge in [0, 0.05) is 29.8 Å². The number of nitrogens with zero attached hydrogens (tertiary/aromatic N) is 1. The molecular weight excluding hydrogens is 306 g/mol. The monoisotopic (exact) mass is 323 g/mol. The van der Waals surface area contributed by atoms with Crippen molar-refractivity contribution in [3.8, 4) is 5.88 Å². The molecule has 6 nitrogen and oxygen atoms in total. The van der Waals surface area contributed by atoms with Crippen molar-refractivity contribution in [2.24, 2.45) is 0 Å². The normalized spacial score (nSPS) is 10.6. The van der Waals surface area contributed by atoms with Crippen molar-refractivity contribution >= 4 is 22.6 Å². The fraction of sp³-hybridized carbons (Fsp3) is 0.167. The highest BCUT2D eigenvalue weighted by Gasteiger charge is 2.12. The van der Waals surface area contributed by atoms with Crippen LogP contribution in [0.1, 0.15) is 33.3 Å². The molecule has 0 atom stereocenters. The van der Waals surface area contributed by atoms with Gasteiger partial charge in [0.1, 0.15) is 5.69 Å². The summed E-state index contributed by atoms with van der Waals surface area (Å²) in [6, 6.07) is 11.0. The smallest absolute Gasteiger partial charge is 0.267 e. The maximum Gasteiger partial charge on any atom is 0.267 e. The summed E-state index contributed by atoms with van der Waals surface area (Å²) in [5, 5.41) is 3.80. The lowest BCUT2D eigenvalue weighted by molar-refractivity contribution is 0.0946. The topological polar surface area (TPSA) is 84.1 Å². The van der Waals surface area contributed by atoms with Crippen molar-refractivity contribution in [1.82, 2.24) is 15.3 Å². The maximum atomic E-state index is 12.2. The van der Waals surface area contributed by atoms with Gasteiger partial charge in [0.15, 0.2) is 5.78 Å². The number of carbonyl (C=O) groups excluding carboxylic acids is 2. The number of fused-ring (bicyclic) bond motifs is 1. The Morgan fingerprint density at radius 1 is 1.25 bits per heavy atom. The Hall–Kier alpha value is -3.15. The molecule has 0 unspecified atom stereocenters. The fourth-order valence-electron chi connectivity index (χ4n) is 2.47. The molecular formula is C18H17N3O3. The van der Waals surface area contributed by atoms with E-state index >= 15 is 0 Å². The van der Waals surface area contributed by atoms with Crippen LogP contribution < -0.4 is 10.1 Å². The second-order valence-corrected chi connectivity index (χ2v) is 5.38. The number of hydrogen-bond acceptors (Lipinski definition) is 4. The van der Waals surface area contributed by atoms with Crippen LogP contribution in [-0.2, 0) is 6.54 Å². The van der Waals surface area contributed by atoms with Gasteiger partial charge in [-0.1, -0.05) is 18.2 Å². The van der Waals surface area contributed by atoms with Crippen LogP contribution in [0.5, 0.6) is 5.88 Å². The third-order valence-electron chi connectivity index (χ3n) is 3.76. The highest BCUT2D eigenvalue weighted by atomic mass is 16.5. The van der Waals surface area contributed by atoms with Gasteiger partial charge >= 0.3 is 0 Å². The minimum Gasteiger partial charge on any atom is -0.481 e. The maximum absolute atomic E-state index is 12.2. The quantitative estimate of drug-likeness (QED) is 0.707. The number of pyridine rings is 1. The lowest BCUT2D eigenvalue weighted by atomic mass is 10.1. The van der Waals surface area contributed by atoms with E-state index in [2.05, 4.69) is 15.3 Å². The van der Waals surface area contributed by atoms with Gasteiger partial charge in [-0.05, 0) is 24.6 Å². The first-order chi connectivity index (χ1) is 11.6. The molecule has 3 aromatic rings. The number of ether oxygens (including phenoxy) is 1. The van der Waals surface area contributed by atoms with Crippen molar-refractivity contribution in [3.63, 3.8) is 0 Å². The van der Waals surface area contributed by atoms with Gasteiger partial charge in [-0.2, -0.15) is 0 Å². The Kier molecular flexibility index (Phi) is 4.29. The number of methoxy groups -OCH3 is 1. The third kappa shape index (κ3) is 3.12. The van der Waals surface area contributed by atoms with E-state index in [1.165, 1.54) is 13.1 Å². The molecule has 2 heterocycles. The molecule has 0 spiro atoms. The lowest BCUT2D eigenvalue weighted by Crippen LogP contribution is -2.23. The van der Waals surface area contributed by atoms with Gasteiger partial charge in [0.25, 0.3) is 5.91 Å². The van der Waals surface area contributed by atoms with E-state index in [-0.39, 0.29) is 11.7 Å². The minimum atomic E-state index is -0.276. The number of benzene rings is 1. The molecule has 2 N–H and O–H groups in total.